The number of nitrogens with zero attached hydrogens (tertiary/aromatic N) is 3. The highest BCUT2D eigenvalue weighted by Gasteiger charge is 2.24. The zero-order valence-corrected chi connectivity index (χ0v) is 16.5. The Balaban J connectivity index is 1.38. The molecule has 3 aromatic rings. The molecule has 4 heterocycles. The van der Waals surface area contributed by atoms with Crippen LogP contribution >= 0.6 is 34.0 Å². The molecule has 0 saturated carbocycles. The van der Waals surface area contributed by atoms with Crippen LogP contribution < -0.4 is 10.2 Å². The van der Waals surface area contributed by atoms with Crippen LogP contribution in [0.25, 0.3) is 10.6 Å². The standard InChI is InChI=1S/C17H16N4O2S3/c1-10-4-5-13(26-10)12-9-24-16(19-12)20-14(22)7-11-8-25-17(18-11)21-6-2-3-15(21)23/h4-5,8-9H,2-3,6-7H2,1H3,(H,19,20,22). The van der Waals surface area contributed by atoms with Crippen molar-refractivity contribution < 1.29 is 9.59 Å². The summed E-state index contributed by atoms with van der Waals surface area (Å²) in [6.45, 7) is 2.77. The van der Waals surface area contributed by atoms with Crippen molar-refractivity contribution >= 4 is 56.1 Å². The molecule has 0 aromatic carbocycles. The van der Waals surface area contributed by atoms with Gasteiger partial charge in [0.05, 0.1) is 22.7 Å². The van der Waals surface area contributed by atoms with E-state index in [-0.39, 0.29) is 18.2 Å². The van der Waals surface area contributed by atoms with Crippen molar-refractivity contribution in [2.75, 3.05) is 16.8 Å². The molecule has 6 nitrogen and oxygen atoms in total. The topological polar surface area (TPSA) is 75.2 Å². The summed E-state index contributed by atoms with van der Waals surface area (Å²) in [5.41, 5.74) is 1.56. The van der Waals surface area contributed by atoms with Crippen LogP contribution in [-0.4, -0.2) is 28.3 Å². The molecule has 1 saturated heterocycles. The Morgan fingerprint density at radius 2 is 2.15 bits per heavy atom. The first-order valence-electron chi connectivity index (χ1n) is 8.15. The molecule has 1 aliphatic rings. The van der Waals surface area contributed by atoms with E-state index in [1.807, 2.05) is 16.8 Å². The molecule has 0 unspecified atom stereocenters. The average Bonchev–Trinajstić information content (AvgIpc) is 3.35. The second-order valence-electron chi connectivity index (χ2n) is 5.94. The van der Waals surface area contributed by atoms with Gasteiger partial charge in [-0.25, -0.2) is 9.97 Å². The second-order valence-corrected chi connectivity index (χ2v) is 8.93. The number of carbonyl (C=O) groups is 2. The predicted molar refractivity (Wildman–Crippen MR) is 106 cm³/mol. The Hall–Kier alpha value is -2.10. The highest BCUT2D eigenvalue weighted by Crippen LogP contribution is 2.30. The van der Waals surface area contributed by atoms with E-state index in [1.54, 1.807) is 16.2 Å². The summed E-state index contributed by atoms with van der Waals surface area (Å²) in [4.78, 5) is 37.0. The van der Waals surface area contributed by atoms with Crippen LogP contribution in [0.2, 0.25) is 0 Å². The number of hydrogen-bond acceptors (Lipinski definition) is 7. The molecule has 134 valence electrons. The fraction of sp³-hybridized carbons (Fsp3) is 0.294. The lowest BCUT2D eigenvalue weighted by atomic mass is 10.3. The summed E-state index contributed by atoms with van der Waals surface area (Å²) >= 11 is 4.50. The zero-order valence-electron chi connectivity index (χ0n) is 14.0. The largest absolute Gasteiger partial charge is 0.302 e. The molecule has 26 heavy (non-hydrogen) atoms. The van der Waals surface area contributed by atoms with E-state index in [4.69, 9.17) is 0 Å². The van der Waals surface area contributed by atoms with Crippen LogP contribution in [0, 0.1) is 6.92 Å². The van der Waals surface area contributed by atoms with Gasteiger partial charge in [-0.2, -0.15) is 0 Å². The van der Waals surface area contributed by atoms with Gasteiger partial charge in [0.2, 0.25) is 11.8 Å². The number of amides is 2. The first-order chi connectivity index (χ1) is 12.6. The first kappa shape index (κ1) is 17.3. The summed E-state index contributed by atoms with van der Waals surface area (Å²) in [7, 11) is 0. The van der Waals surface area contributed by atoms with Gasteiger partial charge in [0.25, 0.3) is 0 Å². The van der Waals surface area contributed by atoms with Crippen LogP contribution in [0.4, 0.5) is 10.3 Å². The number of rotatable bonds is 5. The maximum absolute atomic E-state index is 12.3. The van der Waals surface area contributed by atoms with E-state index in [9.17, 15) is 9.59 Å². The fourth-order valence-corrected chi connectivity index (χ4v) is 5.19. The monoisotopic (exact) mass is 404 g/mol. The van der Waals surface area contributed by atoms with Crippen molar-refractivity contribution in [3.8, 4) is 10.6 Å². The number of nitrogens with one attached hydrogen (secondary N) is 1. The lowest BCUT2D eigenvalue weighted by Gasteiger charge is -2.10. The van der Waals surface area contributed by atoms with Crippen LogP contribution in [0.15, 0.2) is 22.9 Å². The van der Waals surface area contributed by atoms with Crippen molar-refractivity contribution in [3.63, 3.8) is 0 Å². The lowest BCUT2D eigenvalue weighted by molar-refractivity contribution is -0.117. The molecule has 0 aliphatic carbocycles. The van der Waals surface area contributed by atoms with Crippen LogP contribution in [0.5, 0.6) is 0 Å². The van der Waals surface area contributed by atoms with Crippen molar-refractivity contribution in [1.82, 2.24) is 9.97 Å². The van der Waals surface area contributed by atoms with Crippen molar-refractivity contribution in [3.05, 3.63) is 33.5 Å². The number of aryl methyl sites for hydroxylation is 1. The van der Waals surface area contributed by atoms with E-state index >= 15 is 0 Å². The highest BCUT2D eigenvalue weighted by atomic mass is 32.1. The molecule has 0 atom stereocenters. The van der Waals surface area contributed by atoms with Gasteiger partial charge >= 0.3 is 0 Å². The molecule has 9 heteroatoms. The van der Waals surface area contributed by atoms with Gasteiger partial charge < -0.3 is 5.32 Å². The third-order valence-electron chi connectivity index (χ3n) is 3.93. The van der Waals surface area contributed by atoms with Gasteiger partial charge in [0, 0.05) is 28.6 Å². The number of thiophene rings is 1. The summed E-state index contributed by atoms with van der Waals surface area (Å²) in [5.74, 6) is -0.0488. The quantitative estimate of drug-likeness (QED) is 0.699. The second kappa shape index (κ2) is 7.26. The zero-order chi connectivity index (χ0) is 18.1. The third-order valence-corrected chi connectivity index (χ3v) is 6.62. The number of carbonyl (C=O) groups excluding carboxylic acids is 2. The molecular weight excluding hydrogens is 388 g/mol. The van der Waals surface area contributed by atoms with Crippen LogP contribution in [-0.2, 0) is 16.0 Å². The van der Waals surface area contributed by atoms with Crippen molar-refractivity contribution in [1.29, 1.82) is 0 Å². The Labute approximate surface area is 162 Å². The number of anilines is 2. The highest BCUT2D eigenvalue weighted by molar-refractivity contribution is 7.17. The van der Waals surface area contributed by atoms with E-state index in [0.717, 1.165) is 17.0 Å². The van der Waals surface area contributed by atoms with Gasteiger partial charge in [-0.3, -0.25) is 14.5 Å². The van der Waals surface area contributed by atoms with Crippen LogP contribution in [0.1, 0.15) is 23.4 Å². The average molecular weight is 405 g/mol. The third kappa shape index (κ3) is 3.69. The minimum Gasteiger partial charge on any atom is -0.302 e. The molecular formula is C17H16N4O2S3. The van der Waals surface area contributed by atoms with E-state index < -0.39 is 0 Å². The molecule has 2 amide bonds. The smallest absolute Gasteiger partial charge is 0.232 e. The first-order valence-corrected chi connectivity index (χ1v) is 10.7. The minimum atomic E-state index is -0.155. The number of aromatic nitrogens is 2. The fourth-order valence-electron chi connectivity index (χ4n) is 2.70. The summed E-state index contributed by atoms with van der Waals surface area (Å²) in [6, 6.07) is 4.10. The molecule has 0 spiro atoms. The summed E-state index contributed by atoms with van der Waals surface area (Å²) < 4.78 is 0. The van der Waals surface area contributed by atoms with Crippen LogP contribution in [0.3, 0.4) is 0 Å². The van der Waals surface area contributed by atoms with E-state index in [1.165, 1.54) is 27.6 Å². The van der Waals surface area contributed by atoms with Gasteiger partial charge in [-0.15, -0.1) is 34.0 Å². The Bertz CT molecular complexity index is 959. The summed E-state index contributed by atoms with van der Waals surface area (Å²) in [5, 5.41) is 7.88. The lowest BCUT2D eigenvalue weighted by Crippen LogP contribution is -2.23. The molecule has 0 radical (unpaired) electrons. The van der Waals surface area contributed by atoms with Gasteiger partial charge in [-0.1, -0.05) is 0 Å². The maximum Gasteiger partial charge on any atom is 0.232 e. The predicted octanol–water partition coefficient (Wildman–Crippen LogP) is 3.94. The van der Waals surface area contributed by atoms with E-state index in [0.29, 0.717) is 28.9 Å². The van der Waals surface area contributed by atoms with Crippen molar-refractivity contribution in [2.24, 2.45) is 0 Å². The van der Waals surface area contributed by atoms with Gasteiger partial charge in [-0.05, 0) is 25.5 Å². The molecule has 4 rings (SSSR count). The molecule has 1 aliphatic heterocycles. The van der Waals surface area contributed by atoms with E-state index in [2.05, 4.69) is 28.3 Å². The summed E-state index contributed by atoms with van der Waals surface area (Å²) in [6.07, 6.45) is 1.61. The maximum atomic E-state index is 12.3. The molecule has 1 N–H and O–H groups in total. The Morgan fingerprint density at radius 3 is 2.88 bits per heavy atom. The Kier molecular flexibility index (Phi) is 4.84. The number of thiazole rings is 2. The normalized spacial score (nSPS) is 14.2. The van der Waals surface area contributed by atoms with Crippen molar-refractivity contribution in [2.45, 2.75) is 26.2 Å². The Morgan fingerprint density at radius 1 is 1.27 bits per heavy atom. The SMILES string of the molecule is Cc1ccc(-c2csc(NC(=O)Cc3csc(N4CCCC4=O)n3)n2)s1. The molecule has 3 aromatic heterocycles. The molecule has 0 bridgehead atoms. The molecule has 1 fully saturated rings. The van der Waals surface area contributed by atoms with Gasteiger partial charge in [0.15, 0.2) is 10.3 Å². The minimum absolute atomic E-state index is 0.106. The van der Waals surface area contributed by atoms with Gasteiger partial charge in [0.1, 0.15) is 0 Å². The number of hydrogen-bond donors (Lipinski definition) is 1.